The molecule has 9 nitrogen and oxygen atoms in total. The number of likely N-dealkylation sites (N-methyl/N-ethyl adjacent to an activating group) is 1. The van der Waals surface area contributed by atoms with Crippen molar-refractivity contribution >= 4 is 45.0 Å². The van der Waals surface area contributed by atoms with Crippen LogP contribution < -0.4 is 9.64 Å². The summed E-state index contributed by atoms with van der Waals surface area (Å²) >= 11 is 6.57. The van der Waals surface area contributed by atoms with Crippen LogP contribution in [0.2, 0.25) is 5.02 Å². The zero-order valence-corrected chi connectivity index (χ0v) is 25.3. The standard InChI is InChI=1S/C32H33ClF2N6O3/c1-39-18-22(43-2)16-21(39)19-44-32-37-30-24(31(38-32)41-14-12-40(13-15-41)26(42)10-5-11-34)17-36-29(28(30)35)23-8-3-6-20-7-4-9-25(33)27(20)23/h3-10,17,21-22H,11-16,18-19H2,1-2H3/b10-5+/t21-,22+/m0/s1. The summed E-state index contributed by atoms with van der Waals surface area (Å²) in [6.45, 7) is 2.05. The quantitative estimate of drug-likeness (QED) is 0.257. The fraction of sp³-hybridized carbons (Fsp3) is 0.375. The molecule has 1 amide bonds. The van der Waals surface area contributed by atoms with E-state index in [-0.39, 0.29) is 35.3 Å². The molecule has 2 aliphatic rings. The molecule has 0 saturated carbocycles. The molecule has 230 valence electrons. The van der Waals surface area contributed by atoms with Gasteiger partial charge < -0.3 is 19.3 Å². The van der Waals surface area contributed by atoms with Gasteiger partial charge in [0.15, 0.2) is 5.82 Å². The van der Waals surface area contributed by atoms with E-state index in [0.29, 0.717) is 60.0 Å². The number of anilines is 1. The number of methoxy groups -OCH3 is 1. The van der Waals surface area contributed by atoms with Crippen molar-refractivity contribution < 1.29 is 23.0 Å². The van der Waals surface area contributed by atoms with Crippen molar-refractivity contribution in [3.8, 4) is 17.3 Å². The van der Waals surface area contributed by atoms with Gasteiger partial charge in [-0.2, -0.15) is 9.97 Å². The van der Waals surface area contributed by atoms with Crippen LogP contribution >= 0.6 is 11.6 Å². The van der Waals surface area contributed by atoms with E-state index in [1.165, 1.54) is 12.2 Å². The summed E-state index contributed by atoms with van der Waals surface area (Å²) in [5.41, 5.74) is 0.764. The highest BCUT2D eigenvalue weighted by molar-refractivity contribution is 6.36. The van der Waals surface area contributed by atoms with E-state index < -0.39 is 12.5 Å². The summed E-state index contributed by atoms with van der Waals surface area (Å²) in [6, 6.07) is 11.2. The van der Waals surface area contributed by atoms with E-state index in [4.69, 9.17) is 26.1 Å². The molecule has 2 aromatic carbocycles. The van der Waals surface area contributed by atoms with E-state index in [0.717, 1.165) is 18.4 Å². The van der Waals surface area contributed by atoms with Gasteiger partial charge in [0.1, 0.15) is 30.3 Å². The van der Waals surface area contributed by atoms with Crippen LogP contribution in [0.25, 0.3) is 32.9 Å². The number of halogens is 3. The van der Waals surface area contributed by atoms with Crippen LogP contribution in [0.4, 0.5) is 14.6 Å². The zero-order chi connectivity index (χ0) is 30.8. The maximum absolute atomic E-state index is 16.5. The molecule has 0 N–H and O–H groups in total. The maximum Gasteiger partial charge on any atom is 0.319 e. The molecule has 0 radical (unpaired) electrons. The van der Waals surface area contributed by atoms with E-state index in [1.54, 1.807) is 30.3 Å². The number of nitrogens with zero attached hydrogens (tertiary/aromatic N) is 6. The van der Waals surface area contributed by atoms with Crippen LogP contribution in [0.5, 0.6) is 6.01 Å². The predicted molar refractivity (Wildman–Crippen MR) is 166 cm³/mol. The average molecular weight is 623 g/mol. The lowest BCUT2D eigenvalue weighted by molar-refractivity contribution is -0.126. The third-order valence-electron chi connectivity index (χ3n) is 8.38. The zero-order valence-electron chi connectivity index (χ0n) is 24.5. The highest BCUT2D eigenvalue weighted by atomic mass is 35.5. The summed E-state index contributed by atoms with van der Waals surface area (Å²) in [5.74, 6) is -0.383. The van der Waals surface area contributed by atoms with Crippen LogP contribution in [-0.2, 0) is 9.53 Å². The highest BCUT2D eigenvalue weighted by Gasteiger charge is 2.31. The number of hydrogen-bond donors (Lipinski definition) is 0. The molecule has 2 aliphatic heterocycles. The Morgan fingerprint density at radius 2 is 1.91 bits per heavy atom. The summed E-state index contributed by atoms with van der Waals surface area (Å²) in [6.07, 6.45) is 4.93. The van der Waals surface area contributed by atoms with Crippen LogP contribution in [0.1, 0.15) is 6.42 Å². The second-order valence-corrected chi connectivity index (χ2v) is 11.4. The minimum absolute atomic E-state index is 0.0538. The van der Waals surface area contributed by atoms with Crippen molar-refractivity contribution in [2.45, 2.75) is 18.6 Å². The van der Waals surface area contributed by atoms with Crippen LogP contribution in [0.3, 0.4) is 0 Å². The first-order valence-electron chi connectivity index (χ1n) is 14.5. The SMILES string of the molecule is CO[C@@H]1C[C@@H](COc2nc(N3CCN(C(=O)/C=C/CF)CC3)c3cnc(-c4cccc5cccc(Cl)c45)c(F)c3n2)N(C)C1. The van der Waals surface area contributed by atoms with Crippen molar-refractivity contribution in [1.82, 2.24) is 24.8 Å². The molecule has 2 aromatic heterocycles. The predicted octanol–water partition coefficient (Wildman–Crippen LogP) is 4.91. The van der Waals surface area contributed by atoms with Gasteiger partial charge in [0.05, 0.1) is 11.5 Å². The Kier molecular flexibility index (Phi) is 8.88. The molecule has 4 heterocycles. The summed E-state index contributed by atoms with van der Waals surface area (Å²) in [7, 11) is 3.71. The fourth-order valence-corrected chi connectivity index (χ4v) is 6.25. The molecule has 6 rings (SSSR count). The van der Waals surface area contributed by atoms with Gasteiger partial charge in [0, 0.05) is 74.1 Å². The number of hydrogen-bond acceptors (Lipinski definition) is 8. The van der Waals surface area contributed by atoms with Crippen molar-refractivity contribution in [3.63, 3.8) is 0 Å². The molecule has 12 heteroatoms. The van der Waals surface area contributed by atoms with Gasteiger partial charge in [-0.25, -0.2) is 8.78 Å². The monoisotopic (exact) mass is 622 g/mol. The number of alkyl halides is 1. The molecule has 0 aliphatic carbocycles. The molecule has 0 bridgehead atoms. The van der Waals surface area contributed by atoms with Crippen LogP contribution in [0, 0.1) is 5.82 Å². The number of ether oxygens (including phenoxy) is 2. The molecule has 2 atom stereocenters. The van der Waals surface area contributed by atoms with E-state index >= 15 is 4.39 Å². The summed E-state index contributed by atoms with van der Waals surface area (Å²) < 4.78 is 40.7. The number of carbonyl (C=O) groups is 1. The molecule has 0 spiro atoms. The second-order valence-electron chi connectivity index (χ2n) is 11.0. The number of benzene rings is 2. The van der Waals surface area contributed by atoms with Gasteiger partial charge in [-0.1, -0.05) is 41.9 Å². The molecule has 2 fully saturated rings. The normalized spacial score (nSPS) is 19.5. The van der Waals surface area contributed by atoms with E-state index in [9.17, 15) is 9.18 Å². The molecular weight excluding hydrogens is 590 g/mol. The minimum Gasteiger partial charge on any atom is -0.462 e. The third kappa shape index (κ3) is 5.91. The number of piperazine rings is 1. The Hall–Kier alpha value is -3.93. The lowest BCUT2D eigenvalue weighted by Crippen LogP contribution is -2.48. The largest absolute Gasteiger partial charge is 0.462 e. The third-order valence-corrected chi connectivity index (χ3v) is 8.70. The van der Waals surface area contributed by atoms with Crippen molar-refractivity contribution in [2.75, 3.05) is 65.1 Å². The van der Waals surface area contributed by atoms with Gasteiger partial charge >= 0.3 is 6.01 Å². The molecule has 4 aromatic rings. The van der Waals surface area contributed by atoms with Crippen LogP contribution in [-0.4, -0.2) is 103 Å². The Morgan fingerprint density at radius 3 is 2.64 bits per heavy atom. The number of amides is 1. The topological polar surface area (TPSA) is 83.9 Å². The van der Waals surface area contributed by atoms with Gasteiger partial charge in [-0.15, -0.1) is 0 Å². The number of fused-ring (bicyclic) bond motifs is 2. The number of aromatic nitrogens is 3. The molecular formula is C32H33ClF2N6O3. The first-order valence-corrected chi connectivity index (χ1v) is 14.9. The number of rotatable bonds is 8. The Labute approximate surface area is 259 Å². The van der Waals surface area contributed by atoms with Gasteiger partial charge in [-0.3, -0.25) is 14.7 Å². The Bertz CT molecular complexity index is 1710. The fourth-order valence-electron chi connectivity index (χ4n) is 5.96. The molecule has 44 heavy (non-hydrogen) atoms. The van der Waals surface area contributed by atoms with Gasteiger partial charge in [0.2, 0.25) is 5.91 Å². The van der Waals surface area contributed by atoms with Crippen molar-refractivity contribution in [1.29, 1.82) is 0 Å². The molecule has 0 unspecified atom stereocenters. The highest BCUT2D eigenvalue weighted by Crippen LogP contribution is 2.37. The second kappa shape index (κ2) is 13.0. The van der Waals surface area contributed by atoms with Crippen molar-refractivity contribution in [3.05, 3.63) is 65.6 Å². The average Bonchev–Trinajstić information content (AvgIpc) is 3.42. The number of allylic oxidation sites excluding steroid dienone is 1. The first-order chi connectivity index (χ1) is 21.4. The Balaban J connectivity index is 1.38. The van der Waals surface area contributed by atoms with Gasteiger partial charge in [0.25, 0.3) is 0 Å². The van der Waals surface area contributed by atoms with Gasteiger partial charge in [-0.05, 0) is 31.0 Å². The summed E-state index contributed by atoms with van der Waals surface area (Å²) in [4.78, 5) is 32.0. The number of carbonyl (C=O) groups excluding carboxylic acids is 1. The molecule has 2 saturated heterocycles. The smallest absolute Gasteiger partial charge is 0.319 e. The first kappa shape index (κ1) is 30.1. The summed E-state index contributed by atoms with van der Waals surface area (Å²) in [5, 5.41) is 2.50. The Morgan fingerprint density at radius 1 is 1.14 bits per heavy atom. The number of pyridine rings is 1. The number of likely N-dealkylation sites (tertiary alicyclic amines) is 1. The van der Waals surface area contributed by atoms with E-state index in [1.807, 2.05) is 36.2 Å². The lowest BCUT2D eigenvalue weighted by atomic mass is 10.0. The minimum atomic E-state index is -0.699. The van der Waals surface area contributed by atoms with Crippen molar-refractivity contribution in [2.24, 2.45) is 0 Å². The lowest BCUT2D eigenvalue weighted by Gasteiger charge is -2.35. The van der Waals surface area contributed by atoms with Crippen LogP contribution in [0.15, 0.2) is 54.7 Å². The van der Waals surface area contributed by atoms with E-state index in [2.05, 4.69) is 14.9 Å². The maximum atomic E-state index is 16.5.